The molecule has 0 amide bonds. The Morgan fingerprint density at radius 1 is 0.654 bits per heavy atom. The van der Waals surface area contributed by atoms with Crippen LogP contribution in [0.2, 0.25) is 0 Å². The van der Waals surface area contributed by atoms with Crippen LogP contribution in [0.25, 0.3) is 0 Å². The van der Waals surface area contributed by atoms with Crippen LogP contribution in [0.5, 0.6) is 0 Å². The summed E-state index contributed by atoms with van der Waals surface area (Å²) in [6.45, 7) is 15.0. The number of Topliss-reactive ketones (excluding diaryl/α,β-unsaturated/α-hetero) is 2. The lowest BCUT2D eigenvalue weighted by Gasteiger charge is -2.26. The molecule has 0 aromatic rings. The molecule has 0 aromatic carbocycles. The SMILES string of the molecule is CCCCC(CC)C(=O)C(C)CCC(C(=O)C(CC)CCCC)C(C)C. The zero-order valence-corrected chi connectivity index (χ0v) is 18.8. The van der Waals surface area contributed by atoms with Crippen molar-refractivity contribution in [3.63, 3.8) is 0 Å². The molecule has 0 N–H and O–H groups in total. The van der Waals surface area contributed by atoms with Crippen molar-refractivity contribution in [3.8, 4) is 0 Å². The summed E-state index contributed by atoms with van der Waals surface area (Å²) in [6, 6.07) is 0. The first kappa shape index (κ1) is 25.3. The fraction of sp³-hybridized carbons (Fsp3) is 0.917. The second-order valence-electron chi connectivity index (χ2n) is 8.63. The lowest BCUT2D eigenvalue weighted by atomic mass is 9.77. The van der Waals surface area contributed by atoms with Gasteiger partial charge >= 0.3 is 0 Å². The van der Waals surface area contributed by atoms with Gasteiger partial charge in [0.05, 0.1) is 0 Å². The molecule has 0 aliphatic heterocycles. The van der Waals surface area contributed by atoms with E-state index in [0.29, 0.717) is 17.5 Å². The number of carbonyl (C=O) groups is 2. The van der Waals surface area contributed by atoms with E-state index in [1.165, 1.54) is 0 Å². The van der Waals surface area contributed by atoms with Crippen molar-refractivity contribution in [2.24, 2.45) is 29.6 Å². The van der Waals surface area contributed by atoms with Crippen molar-refractivity contribution in [2.75, 3.05) is 0 Å². The van der Waals surface area contributed by atoms with Gasteiger partial charge in [-0.1, -0.05) is 74.1 Å². The minimum atomic E-state index is 0.0848. The largest absolute Gasteiger partial charge is 0.299 e. The van der Waals surface area contributed by atoms with Crippen LogP contribution in [0.15, 0.2) is 0 Å². The minimum Gasteiger partial charge on any atom is -0.299 e. The Morgan fingerprint density at radius 2 is 1.12 bits per heavy atom. The molecule has 4 atom stereocenters. The molecular weight excluding hydrogens is 320 g/mol. The number of ketones is 2. The summed E-state index contributed by atoms with van der Waals surface area (Å²) >= 11 is 0. The van der Waals surface area contributed by atoms with E-state index in [4.69, 9.17) is 0 Å². The molecule has 2 heteroatoms. The average molecular weight is 367 g/mol. The topological polar surface area (TPSA) is 34.1 Å². The van der Waals surface area contributed by atoms with Crippen LogP contribution in [0.4, 0.5) is 0 Å². The van der Waals surface area contributed by atoms with Gasteiger partial charge in [-0.15, -0.1) is 0 Å². The number of unbranched alkanes of at least 4 members (excludes halogenated alkanes) is 2. The van der Waals surface area contributed by atoms with E-state index in [2.05, 4.69) is 48.5 Å². The van der Waals surface area contributed by atoms with Gasteiger partial charge in [0.2, 0.25) is 0 Å². The molecule has 0 aliphatic carbocycles. The molecule has 0 heterocycles. The van der Waals surface area contributed by atoms with Crippen molar-refractivity contribution in [1.82, 2.24) is 0 Å². The summed E-state index contributed by atoms with van der Waals surface area (Å²) in [5.74, 6) is 1.86. The lowest BCUT2D eigenvalue weighted by molar-refractivity contribution is -0.130. The average Bonchev–Trinajstić information content (AvgIpc) is 2.62. The Labute approximate surface area is 163 Å². The Balaban J connectivity index is 4.80. The number of hydrogen-bond donors (Lipinski definition) is 0. The fourth-order valence-electron chi connectivity index (χ4n) is 4.08. The molecule has 0 radical (unpaired) electrons. The molecule has 0 bridgehead atoms. The van der Waals surface area contributed by atoms with Crippen LogP contribution < -0.4 is 0 Å². The highest BCUT2D eigenvalue weighted by Gasteiger charge is 2.29. The maximum absolute atomic E-state index is 13.1. The number of hydrogen-bond acceptors (Lipinski definition) is 2. The quantitative estimate of drug-likeness (QED) is 0.288. The predicted molar refractivity (Wildman–Crippen MR) is 113 cm³/mol. The van der Waals surface area contributed by atoms with E-state index in [0.717, 1.165) is 64.2 Å². The van der Waals surface area contributed by atoms with Crippen LogP contribution in [-0.2, 0) is 9.59 Å². The molecule has 0 spiro atoms. The summed E-state index contributed by atoms with van der Waals surface area (Å²) in [6.07, 6.45) is 10.3. The van der Waals surface area contributed by atoms with Crippen LogP contribution in [0, 0.1) is 29.6 Å². The van der Waals surface area contributed by atoms with Crippen molar-refractivity contribution < 1.29 is 9.59 Å². The Morgan fingerprint density at radius 3 is 1.50 bits per heavy atom. The summed E-state index contributed by atoms with van der Waals surface area (Å²) < 4.78 is 0. The lowest BCUT2D eigenvalue weighted by Crippen LogP contribution is -2.29. The summed E-state index contributed by atoms with van der Waals surface area (Å²) in [5.41, 5.74) is 0. The first-order valence-corrected chi connectivity index (χ1v) is 11.4. The number of rotatable bonds is 16. The van der Waals surface area contributed by atoms with Gasteiger partial charge in [0.1, 0.15) is 11.6 Å². The van der Waals surface area contributed by atoms with E-state index in [9.17, 15) is 9.59 Å². The normalized spacial score (nSPS) is 16.3. The molecule has 2 nitrogen and oxygen atoms in total. The van der Waals surface area contributed by atoms with Crippen LogP contribution in [0.3, 0.4) is 0 Å². The molecule has 26 heavy (non-hydrogen) atoms. The molecule has 0 rings (SSSR count). The molecule has 0 fully saturated rings. The maximum Gasteiger partial charge on any atom is 0.139 e. The standard InChI is InChI=1S/C24H46O2/c1-8-12-14-20(10-3)23(25)19(7)16-17-22(18(5)6)24(26)21(11-4)15-13-9-2/h18-22H,8-17H2,1-7H3. The Kier molecular flexibility index (Phi) is 14.0. The first-order chi connectivity index (χ1) is 12.3. The van der Waals surface area contributed by atoms with Gasteiger partial charge in [-0.25, -0.2) is 0 Å². The van der Waals surface area contributed by atoms with Gasteiger partial charge < -0.3 is 0 Å². The van der Waals surface area contributed by atoms with Crippen LogP contribution >= 0.6 is 0 Å². The summed E-state index contributed by atoms with van der Waals surface area (Å²) in [7, 11) is 0. The highest BCUT2D eigenvalue weighted by Crippen LogP contribution is 2.29. The Bertz CT molecular complexity index is 386. The van der Waals surface area contributed by atoms with Crippen LogP contribution in [-0.4, -0.2) is 11.6 Å². The van der Waals surface area contributed by atoms with Gasteiger partial charge in [0, 0.05) is 23.7 Å². The monoisotopic (exact) mass is 366 g/mol. The summed E-state index contributed by atoms with van der Waals surface area (Å²) in [4.78, 5) is 25.8. The minimum absolute atomic E-state index is 0.0848. The van der Waals surface area contributed by atoms with E-state index < -0.39 is 0 Å². The van der Waals surface area contributed by atoms with Gasteiger partial charge in [0.25, 0.3) is 0 Å². The zero-order chi connectivity index (χ0) is 20.1. The number of carbonyl (C=O) groups excluding carboxylic acids is 2. The molecule has 0 aromatic heterocycles. The van der Waals surface area contributed by atoms with Crippen LogP contribution in [0.1, 0.15) is 113 Å². The highest BCUT2D eigenvalue weighted by molar-refractivity contribution is 5.84. The van der Waals surface area contributed by atoms with Crippen molar-refractivity contribution in [1.29, 1.82) is 0 Å². The second kappa shape index (κ2) is 14.4. The molecule has 4 unspecified atom stereocenters. The van der Waals surface area contributed by atoms with E-state index in [1.807, 2.05) is 0 Å². The molecule has 0 aliphatic rings. The first-order valence-electron chi connectivity index (χ1n) is 11.4. The molecule has 154 valence electrons. The maximum atomic E-state index is 13.1. The van der Waals surface area contributed by atoms with E-state index in [1.54, 1.807) is 0 Å². The Hall–Kier alpha value is -0.660. The summed E-state index contributed by atoms with van der Waals surface area (Å²) in [5, 5.41) is 0. The highest BCUT2D eigenvalue weighted by atomic mass is 16.1. The van der Waals surface area contributed by atoms with Gasteiger partial charge in [0.15, 0.2) is 0 Å². The smallest absolute Gasteiger partial charge is 0.139 e. The third kappa shape index (κ3) is 8.82. The predicted octanol–water partition coefficient (Wildman–Crippen LogP) is 7.25. The molecule has 0 saturated heterocycles. The van der Waals surface area contributed by atoms with Gasteiger partial charge in [-0.3, -0.25) is 9.59 Å². The fourth-order valence-corrected chi connectivity index (χ4v) is 4.08. The van der Waals surface area contributed by atoms with E-state index in [-0.39, 0.29) is 23.7 Å². The second-order valence-corrected chi connectivity index (χ2v) is 8.63. The molecule has 0 saturated carbocycles. The third-order valence-corrected chi connectivity index (χ3v) is 6.17. The molecular formula is C24H46O2. The zero-order valence-electron chi connectivity index (χ0n) is 18.8. The third-order valence-electron chi connectivity index (χ3n) is 6.17. The van der Waals surface area contributed by atoms with Crippen molar-refractivity contribution in [2.45, 2.75) is 113 Å². The van der Waals surface area contributed by atoms with Gasteiger partial charge in [-0.05, 0) is 44.4 Å². The van der Waals surface area contributed by atoms with E-state index >= 15 is 0 Å². The van der Waals surface area contributed by atoms with Crippen molar-refractivity contribution >= 4 is 11.6 Å². The van der Waals surface area contributed by atoms with Crippen molar-refractivity contribution in [3.05, 3.63) is 0 Å². The van der Waals surface area contributed by atoms with Gasteiger partial charge in [-0.2, -0.15) is 0 Å².